The van der Waals surface area contributed by atoms with Crippen molar-refractivity contribution in [3.8, 4) is 0 Å². The molecule has 0 aliphatic carbocycles. The predicted octanol–water partition coefficient (Wildman–Crippen LogP) is -0.136. The lowest BCUT2D eigenvalue weighted by Gasteiger charge is -2.14. The second-order valence-corrected chi connectivity index (χ2v) is 1.43. The molecule has 0 radical (unpaired) electrons. The minimum Gasteiger partial charge on any atom is -0.374 e. The molecule has 1 atom stereocenters. The van der Waals surface area contributed by atoms with E-state index in [0.29, 0.717) is 0 Å². The van der Waals surface area contributed by atoms with Crippen molar-refractivity contribution in [3.05, 3.63) is 0 Å². The Labute approximate surface area is 43.1 Å². The van der Waals surface area contributed by atoms with Crippen LogP contribution in [0.2, 0.25) is 0 Å². The zero-order chi connectivity index (χ0) is 5.86. The Bertz CT molecular complexity index is 62.7. The molecule has 1 unspecified atom stereocenters. The average Bonchev–Trinajstić information content (AvgIpc) is 1.65. The Morgan fingerprint density at radius 3 is 2.29 bits per heavy atom. The molecule has 0 heterocycles. The first-order chi connectivity index (χ1) is 3.18. The molecule has 0 spiro atoms. The average molecular weight is 102 g/mol. The first-order valence-corrected chi connectivity index (χ1v) is 2.09. The van der Waals surface area contributed by atoms with E-state index in [1.807, 2.05) is 0 Å². The Hall–Kier alpha value is -0.570. The molecule has 0 rings (SSSR count). The van der Waals surface area contributed by atoms with E-state index in [4.69, 9.17) is 10.5 Å². The fourth-order valence-corrected chi connectivity index (χ4v) is 0.108. The summed E-state index contributed by atoms with van der Waals surface area (Å²) in [6.45, 7) is 1.60. The maximum Gasteiger partial charge on any atom is 0.124 e. The Balaban J connectivity index is 3.33. The van der Waals surface area contributed by atoms with Crippen molar-refractivity contribution < 1.29 is 5.11 Å². The molecule has 0 fully saturated rings. The number of rotatable bonds is 2. The molecule has 0 aliphatic rings. The molecule has 0 aliphatic heterocycles. The van der Waals surface area contributed by atoms with E-state index in [1.54, 1.807) is 14.0 Å². The van der Waals surface area contributed by atoms with Gasteiger partial charge in [0, 0.05) is 7.05 Å². The molecular weight excluding hydrogens is 92.1 g/mol. The minimum atomic E-state index is -0.544. The van der Waals surface area contributed by atoms with Gasteiger partial charge in [0.25, 0.3) is 0 Å². The summed E-state index contributed by atoms with van der Waals surface area (Å²) in [5.74, 6) is 0. The number of nitrogens with one attached hydrogen (secondary N) is 1. The highest BCUT2D eigenvalue weighted by Gasteiger charge is 1.94. The van der Waals surface area contributed by atoms with Crippen LogP contribution in [0, 0.1) is 5.41 Å². The number of nitrogens with zero attached hydrogens (tertiary/aromatic N) is 1. The molecular formula is C4H10N2O. The zero-order valence-electron chi connectivity index (χ0n) is 4.55. The van der Waals surface area contributed by atoms with Crippen LogP contribution in [0.4, 0.5) is 0 Å². The lowest BCUT2D eigenvalue weighted by atomic mass is 10.6. The van der Waals surface area contributed by atoms with Crippen LogP contribution in [-0.2, 0) is 0 Å². The highest BCUT2D eigenvalue weighted by atomic mass is 16.3. The summed E-state index contributed by atoms with van der Waals surface area (Å²) >= 11 is 0. The predicted molar refractivity (Wildman–Crippen MR) is 28.2 cm³/mol. The van der Waals surface area contributed by atoms with Gasteiger partial charge >= 0.3 is 0 Å². The molecule has 7 heavy (non-hydrogen) atoms. The third-order valence-corrected chi connectivity index (χ3v) is 0.793. The van der Waals surface area contributed by atoms with Gasteiger partial charge in [0.05, 0.1) is 6.34 Å². The quantitative estimate of drug-likeness (QED) is 0.290. The molecule has 0 saturated carbocycles. The summed E-state index contributed by atoms with van der Waals surface area (Å²) in [6.07, 6.45) is 0.530. The summed E-state index contributed by atoms with van der Waals surface area (Å²) in [5.41, 5.74) is 0. The van der Waals surface area contributed by atoms with Crippen LogP contribution in [0.1, 0.15) is 6.92 Å². The van der Waals surface area contributed by atoms with E-state index < -0.39 is 6.23 Å². The summed E-state index contributed by atoms with van der Waals surface area (Å²) in [7, 11) is 1.64. The van der Waals surface area contributed by atoms with Crippen LogP contribution >= 0.6 is 0 Å². The summed E-state index contributed by atoms with van der Waals surface area (Å²) in [6, 6.07) is 0. The maximum absolute atomic E-state index is 8.60. The third-order valence-electron chi connectivity index (χ3n) is 0.793. The highest BCUT2D eigenvalue weighted by molar-refractivity contribution is 5.49. The molecule has 3 heteroatoms. The van der Waals surface area contributed by atoms with Gasteiger partial charge in [-0.05, 0) is 6.92 Å². The molecule has 0 aromatic rings. The van der Waals surface area contributed by atoms with E-state index in [0.717, 1.165) is 6.34 Å². The van der Waals surface area contributed by atoms with Crippen molar-refractivity contribution in [2.75, 3.05) is 7.05 Å². The normalized spacial score (nSPS) is 13.0. The zero-order valence-corrected chi connectivity index (χ0v) is 4.55. The van der Waals surface area contributed by atoms with Gasteiger partial charge in [0.15, 0.2) is 0 Å². The molecule has 0 aromatic heterocycles. The van der Waals surface area contributed by atoms with Gasteiger partial charge in [0.1, 0.15) is 6.23 Å². The molecule has 0 amide bonds. The van der Waals surface area contributed by atoms with Crippen LogP contribution in [0.15, 0.2) is 0 Å². The highest BCUT2D eigenvalue weighted by Crippen LogP contribution is 1.81. The fraction of sp³-hybridized carbons (Fsp3) is 0.750. The van der Waals surface area contributed by atoms with Gasteiger partial charge in [-0.15, -0.1) is 0 Å². The number of hydrogen-bond acceptors (Lipinski definition) is 2. The molecule has 0 saturated heterocycles. The minimum absolute atomic E-state index is 0.544. The van der Waals surface area contributed by atoms with E-state index in [2.05, 4.69) is 0 Å². The second-order valence-electron chi connectivity index (χ2n) is 1.43. The molecule has 42 valence electrons. The number of hydrogen-bond donors (Lipinski definition) is 2. The van der Waals surface area contributed by atoms with Crippen molar-refractivity contribution in [1.29, 1.82) is 5.41 Å². The van der Waals surface area contributed by atoms with Crippen molar-refractivity contribution in [2.45, 2.75) is 13.2 Å². The van der Waals surface area contributed by atoms with Crippen molar-refractivity contribution >= 4 is 6.34 Å². The van der Waals surface area contributed by atoms with Gasteiger partial charge in [-0.25, -0.2) is 0 Å². The second kappa shape index (κ2) is 2.58. The Kier molecular flexibility index (Phi) is 2.37. The van der Waals surface area contributed by atoms with Crippen LogP contribution in [0.3, 0.4) is 0 Å². The number of aliphatic hydroxyl groups is 1. The SMILES string of the molecule is CC(O)N(C)C=N. The van der Waals surface area contributed by atoms with Crippen molar-refractivity contribution in [1.82, 2.24) is 4.90 Å². The summed E-state index contributed by atoms with van der Waals surface area (Å²) < 4.78 is 0. The lowest BCUT2D eigenvalue weighted by molar-refractivity contribution is 0.0908. The summed E-state index contributed by atoms with van der Waals surface area (Å²) in [5, 5.41) is 15.2. The molecule has 0 bridgehead atoms. The summed E-state index contributed by atoms with van der Waals surface area (Å²) in [4.78, 5) is 1.39. The van der Waals surface area contributed by atoms with E-state index >= 15 is 0 Å². The molecule has 2 N–H and O–H groups in total. The van der Waals surface area contributed by atoms with Crippen molar-refractivity contribution in [2.24, 2.45) is 0 Å². The van der Waals surface area contributed by atoms with Crippen LogP contribution in [0.5, 0.6) is 0 Å². The lowest BCUT2D eigenvalue weighted by Crippen LogP contribution is -2.26. The van der Waals surface area contributed by atoms with Crippen LogP contribution in [0.25, 0.3) is 0 Å². The Morgan fingerprint density at radius 1 is 1.86 bits per heavy atom. The van der Waals surface area contributed by atoms with Gasteiger partial charge in [-0.1, -0.05) is 0 Å². The van der Waals surface area contributed by atoms with Gasteiger partial charge in [-0.3, -0.25) is 5.41 Å². The Morgan fingerprint density at radius 2 is 2.29 bits per heavy atom. The maximum atomic E-state index is 8.60. The molecule has 0 aromatic carbocycles. The van der Waals surface area contributed by atoms with Crippen LogP contribution < -0.4 is 0 Å². The topological polar surface area (TPSA) is 47.3 Å². The molecule has 3 nitrogen and oxygen atoms in total. The first-order valence-electron chi connectivity index (χ1n) is 2.09. The first kappa shape index (κ1) is 6.43. The largest absolute Gasteiger partial charge is 0.374 e. The third kappa shape index (κ3) is 2.17. The van der Waals surface area contributed by atoms with E-state index in [9.17, 15) is 0 Å². The monoisotopic (exact) mass is 102 g/mol. The van der Waals surface area contributed by atoms with E-state index in [-0.39, 0.29) is 0 Å². The van der Waals surface area contributed by atoms with Gasteiger partial charge in [-0.2, -0.15) is 0 Å². The smallest absolute Gasteiger partial charge is 0.124 e. The number of aliphatic hydroxyl groups excluding tert-OH is 1. The van der Waals surface area contributed by atoms with Gasteiger partial charge in [0.2, 0.25) is 0 Å². The fourth-order valence-electron chi connectivity index (χ4n) is 0.108. The van der Waals surface area contributed by atoms with E-state index in [1.165, 1.54) is 4.90 Å². The van der Waals surface area contributed by atoms with Gasteiger partial charge < -0.3 is 10.0 Å². The van der Waals surface area contributed by atoms with Crippen LogP contribution in [-0.4, -0.2) is 29.6 Å². The standard InChI is InChI=1S/C4H10N2O/c1-4(7)6(2)3-5/h3-5,7H,1-2H3. The van der Waals surface area contributed by atoms with Crippen molar-refractivity contribution in [3.63, 3.8) is 0 Å².